The normalized spacial score (nSPS) is 15.2. The summed E-state index contributed by atoms with van der Waals surface area (Å²) in [6.45, 7) is 4.93. The summed E-state index contributed by atoms with van der Waals surface area (Å²) in [6, 6.07) is 1.88. The lowest BCUT2D eigenvalue weighted by Gasteiger charge is -2.20. The number of halogens is 1. The predicted octanol–water partition coefficient (Wildman–Crippen LogP) is 2.55. The minimum atomic E-state index is -0.557. The molecule has 0 amide bonds. The van der Waals surface area contributed by atoms with Crippen LogP contribution in [-0.4, -0.2) is 25.5 Å². The lowest BCUT2D eigenvalue weighted by atomic mass is 9.93. The molecule has 1 atom stereocenters. The third kappa shape index (κ3) is 2.35. The molecule has 0 aromatic heterocycles. The summed E-state index contributed by atoms with van der Waals surface area (Å²) in [5, 5.41) is 13.2. The molecule has 2 N–H and O–H groups in total. The first-order valence-electron chi connectivity index (χ1n) is 6.00. The third-order valence-corrected chi connectivity index (χ3v) is 3.80. The average Bonchev–Trinajstić information content (AvgIpc) is 2.76. The highest BCUT2D eigenvalue weighted by Gasteiger charge is 2.26. The summed E-state index contributed by atoms with van der Waals surface area (Å²) in [5.41, 5.74) is 1.96. The number of nitrogens with one attached hydrogen (secondary N) is 1. The molecule has 1 unspecified atom stereocenters. The molecule has 100 valence electrons. The molecule has 0 saturated heterocycles. The summed E-state index contributed by atoms with van der Waals surface area (Å²) in [7, 11) is 1.82. The Morgan fingerprint density at radius 2 is 2.17 bits per heavy atom. The Labute approximate surface area is 115 Å². The number of hydrogen-bond donors (Lipinski definition) is 2. The second-order valence-corrected chi connectivity index (χ2v) is 5.45. The van der Waals surface area contributed by atoms with E-state index in [2.05, 4.69) is 35.1 Å². The molecular formula is C13H18BrNO3. The number of benzene rings is 1. The van der Waals surface area contributed by atoms with Gasteiger partial charge in [-0.15, -0.1) is 0 Å². The molecule has 1 aromatic rings. The second-order valence-electron chi connectivity index (χ2n) is 4.66. The van der Waals surface area contributed by atoms with Gasteiger partial charge in [0.1, 0.15) is 0 Å². The molecule has 5 heteroatoms. The molecule has 1 aliphatic heterocycles. The Bertz CT molecular complexity index is 448. The van der Waals surface area contributed by atoms with Gasteiger partial charge in [0.25, 0.3) is 0 Å². The van der Waals surface area contributed by atoms with Gasteiger partial charge >= 0.3 is 0 Å². The van der Waals surface area contributed by atoms with E-state index in [1.165, 1.54) is 0 Å². The molecule has 0 fully saturated rings. The van der Waals surface area contributed by atoms with Crippen molar-refractivity contribution >= 4 is 15.9 Å². The zero-order chi connectivity index (χ0) is 13.3. The molecule has 1 aromatic carbocycles. The van der Waals surface area contributed by atoms with Gasteiger partial charge in [0.2, 0.25) is 6.79 Å². The van der Waals surface area contributed by atoms with E-state index in [0.717, 1.165) is 21.3 Å². The first kappa shape index (κ1) is 13.6. The van der Waals surface area contributed by atoms with Crippen molar-refractivity contribution in [3.05, 3.63) is 21.7 Å². The van der Waals surface area contributed by atoms with E-state index in [1.807, 2.05) is 13.1 Å². The highest BCUT2D eigenvalue weighted by molar-refractivity contribution is 9.10. The van der Waals surface area contributed by atoms with E-state index in [-0.39, 0.29) is 12.7 Å². The van der Waals surface area contributed by atoms with Crippen LogP contribution in [0.1, 0.15) is 37.0 Å². The predicted molar refractivity (Wildman–Crippen MR) is 73.2 cm³/mol. The largest absolute Gasteiger partial charge is 0.454 e. The van der Waals surface area contributed by atoms with E-state index in [1.54, 1.807) is 0 Å². The minimum absolute atomic E-state index is 0.233. The Morgan fingerprint density at radius 3 is 2.78 bits per heavy atom. The number of likely N-dealkylation sites (N-methyl/N-ethyl adjacent to an activating group) is 1. The van der Waals surface area contributed by atoms with Crippen molar-refractivity contribution in [3.63, 3.8) is 0 Å². The topological polar surface area (TPSA) is 50.7 Å². The first-order chi connectivity index (χ1) is 8.56. The number of aliphatic hydroxyl groups excluding tert-OH is 1. The molecule has 2 rings (SSSR count). The maximum atomic E-state index is 10.2. The summed E-state index contributed by atoms with van der Waals surface area (Å²) in [5.74, 6) is 1.71. The monoisotopic (exact) mass is 315 g/mol. The molecule has 0 saturated carbocycles. The Balaban J connectivity index is 2.53. The fourth-order valence-electron chi connectivity index (χ4n) is 2.20. The van der Waals surface area contributed by atoms with Gasteiger partial charge in [-0.3, -0.25) is 0 Å². The molecule has 1 aliphatic rings. The van der Waals surface area contributed by atoms with Gasteiger partial charge in [0.05, 0.1) is 10.6 Å². The number of hydrogen-bond acceptors (Lipinski definition) is 4. The number of ether oxygens (including phenoxy) is 2. The van der Waals surface area contributed by atoms with E-state index in [9.17, 15) is 5.11 Å². The summed E-state index contributed by atoms with van der Waals surface area (Å²) in [6.07, 6.45) is -0.557. The van der Waals surface area contributed by atoms with Gasteiger partial charge in [-0.25, -0.2) is 0 Å². The number of aliphatic hydroxyl groups is 1. The van der Waals surface area contributed by atoms with Gasteiger partial charge in [-0.05, 0) is 46.1 Å². The smallest absolute Gasteiger partial charge is 0.231 e. The average molecular weight is 316 g/mol. The van der Waals surface area contributed by atoms with Crippen molar-refractivity contribution < 1.29 is 14.6 Å². The first-order valence-corrected chi connectivity index (χ1v) is 6.80. The fourth-order valence-corrected chi connectivity index (χ4v) is 3.20. The fraction of sp³-hybridized carbons (Fsp3) is 0.538. The van der Waals surface area contributed by atoms with Crippen LogP contribution in [0.4, 0.5) is 0 Å². The Hall–Kier alpha value is -0.780. The van der Waals surface area contributed by atoms with E-state index in [0.29, 0.717) is 12.3 Å². The van der Waals surface area contributed by atoms with Gasteiger partial charge < -0.3 is 19.9 Å². The third-order valence-electron chi connectivity index (χ3n) is 3.01. The van der Waals surface area contributed by atoms with Crippen LogP contribution in [0.2, 0.25) is 0 Å². The highest BCUT2D eigenvalue weighted by Crippen LogP contribution is 2.46. The maximum absolute atomic E-state index is 10.2. The van der Waals surface area contributed by atoms with Gasteiger partial charge in [0, 0.05) is 6.54 Å². The molecule has 0 bridgehead atoms. The molecule has 0 aliphatic carbocycles. The van der Waals surface area contributed by atoms with Gasteiger partial charge in [0.15, 0.2) is 11.5 Å². The van der Waals surface area contributed by atoms with Crippen LogP contribution < -0.4 is 14.8 Å². The van der Waals surface area contributed by atoms with Crippen molar-refractivity contribution in [1.82, 2.24) is 5.32 Å². The van der Waals surface area contributed by atoms with Crippen molar-refractivity contribution in [3.8, 4) is 11.5 Å². The van der Waals surface area contributed by atoms with Crippen molar-refractivity contribution in [1.29, 1.82) is 0 Å². The number of fused-ring (bicyclic) bond motifs is 1. The lowest BCUT2D eigenvalue weighted by molar-refractivity contribution is 0.171. The van der Waals surface area contributed by atoms with Crippen molar-refractivity contribution in [2.75, 3.05) is 20.4 Å². The van der Waals surface area contributed by atoms with Crippen LogP contribution in [-0.2, 0) is 0 Å². The van der Waals surface area contributed by atoms with E-state index < -0.39 is 6.10 Å². The van der Waals surface area contributed by atoms with Crippen molar-refractivity contribution in [2.24, 2.45) is 0 Å². The maximum Gasteiger partial charge on any atom is 0.231 e. The van der Waals surface area contributed by atoms with Gasteiger partial charge in [-0.2, -0.15) is 0 Å². The van der Waals surface area contributed by atoms with Gasteiger partial charge in [-0.1, -0.05) is 13.8 Å². The van der Waals surface area contributed by atoms with E-state index in [4.69, 9.17) is 9.47 Å². The molecule has 1 heterocycles. The Kier molecular flexibility index (Phi) is 4.14. The standard InChI is InChI=1S/C13H18BrNO3/c1-7(2)11-8(9(16)5-15-3)4-10-13(12(11)14)18-6-17-10/h4,7,9,15-16H,5-6H2,1-3H3. The lowest BCUT2D eigenvalue weighted by Crippen LogP contribution is -2.18. The molecular weight excluding hydrogens is 298 g/mol. The number of rotatable bonds is 4. The van der Waals surface area contributed by atoms with Crippen LogP contribution in [0, 0.1) is 0 Å². The summed E-state index contributed by atoms with van der Waals surface area (Å²) in [4.78, 5) is 0. The van der Waals surface area contributed by atoms with Crippen LogP contribution in [0.5, 0.6) is 11.5 Å². The van der Waals surface area contributed by atoms with Crippen LogP contribution in [0.3, 0.4) is 0 Å². The SMILES string of the molecule is CNCC(O)c1cc2c(c(Br)c1C(C)C)OCO2. The second kappa shape index (κ2) is 5.47. The molecule has 0 spiro atoms. The van der Waals surface area contributed by atoms with Crippen LogP contribution in [0.25, 0.3) is 0 Å². The summed E-state index contributed by atoms with van der Waals surface area (Å²) < 4.78 is 11.7. The zero-order valence-corrected chi connectivity index (χ0v) is 12.4. The Morgan fingerprint density at radius 1 is 1.44 bits per heavy atom. The van der Waals surface area contributed by atoms with Crippen LogP contribution in [0.15, 0.2) is 10.5 Å². The van der Waals surface area contributed by atoms with Crippen LogP contribution >= 0.6 is 15.9 Å². The van der Waals surface area contributed by atoms with E-state index >= 15 is 0 Å². The molecule has 0 radical (unpaired) electrons. The highest BCUT2D eigenvalue weighted by atomic mass is 79.9. The molecule has 4 nitrogen and oxygen atoms in total. The summed E-state index contributed by atoms with van der Waals surface area (Å²) >= 11 is 3.57. The zero-order valence-electron chi connectivity index (χ0n) is 10.8. The minimum Gasteiger partial charge on any atom is -0.454 e. The molecule has 18 heavy (non-hydrogen) atoms. The van der Waals surface area contributed by atoms with Crippen molar-refractivity contribution in [2.45, 2.75) is 25.9 Å². The quantitative estimate of drug-likeness (QED) is 0.896.